The Morgan fingerprint density at radius 2 is 2.00 bits per heavy atom. The van der Waals surface area contributed by atoms with Crippen LogP contribution in [0.25, 0.3) is 11.6 Å². The molecule has 0 saturated carbocycles. The Morgan fingerprint density at radius 3 is 2.76 bits per heavy atom. The molecule has 1 amide bonds. The van der Waals surface area contributed by atoms with Gasteiger partial charge in [-0.05, 0) is 42.0 Å². The lowest BCUT2D eigenvalue weighted by Gasteiger charge is -2.07. The van der Waals surface area contributed by atoms with Crippen LogP contribution in [0.5, 0.6) is 11.5 Å². The van der Waals surface area contributed by atoms with Crippen molar-refractivity contribution in [3.8, 4) is 11.5 Å². The molecule has 0 unspecified atom stereocenters. The molecule has 0 fully saturated rings. The van der Waals surface area contributed by atoms with Crippen LogP contribution in [0.4, 0.5) is 0 Å². The molecule has 2 heterocycles. The zero-order valence-electron chi connectivity index (χ0n) is 14.1. The third-order valence-corrected chi connectivity index (χ3v) is 3.70. The Labute approximate surface area is 145 Å². The average molecular weight is 337 g/mol. The van der Waals surface area contributed by atoms with Crippen molar-refractivity contribution >= 4 is 17.5 Å². The molecule has 0 aliphatic heterocycles. The first-order valence-electron chi connectivity index (χ1n) is 7.81. The molecule has 0 saturated heterocycles. The van der Waals surface area contributed by atoms with Gasteiger partial charge in [0.25, 0.3) is 0 Å². The van der Waals surface area contributed by atoms with Crippen LogP contribution in [0.1, 0.15) is 11.3 Å². The number of hydrogen-bond donors (Lipinski definition) is 1. The zero-order chi connectivity index (χ0) is 17.6. The van der Waals surface area contributed by atoms with Crippen molar-refractivity contribution in [2.45, 2.75) is 6.54 Å². The molecular formula is C19H19N3O3. The summed E-state index contributed by atoms with van der Waals surface area (Å²) < 4.78 is 12.2. The molecule has 0 bridgehead atoms. The highest BCUT2D eigenvalue weighted by Crippen LogP contribution is 2.27. The summed E-state index contributed by atoms with van der Waals surface area (Å²) in [5.41, 5.74) is 2.65. The summed E-state index contributed by atoms with van der Waals surface area (Å²) in [6, 6.07) is 13.2. The minimum atomic E-state index is -0.188. The first-order chi connectivity index (χ1) is 12.2. The number of ether oxygens (including phenoxy) is 2. The van der Waals surface area contributed by atoms with E-state index >= 15 is 0 Å². The molecule has 0 aliphatic rings. The van der Waals surface area contributed by atoms with Crippen molar-refractivity contribution in [1.29, 1.82) is 0 Å². The maximum Gasteiger partial charge on any atom is 0.244 e. The van der Waals surface area contributed by atoms with Crippen LogP contribution in [0.3, 0.4) is 0 Å². The molecule has 128 valence electrons. The van der Waals surface area contributed by atoms with E-state index in [-0.39, 0.29) is 5.91 Å². The van der Waals surface area contributed by atoms with Crippen LogP contribution < -0.4 is 14.8 Å². The summed E-state index contributed by atoms with van der Waals surface area (Å²) in [6.45, 7) is 0.372. The SMILES string of the molecule is COc1ccc(C=CC(=O)NCc2cc3ccccn3n2)cc1OC. The number of carbonyl (C=O) groups is 1. The Bertz CT molecular complexity index is 882. The number of carbonyl (C=O) groups excluding carboxylic acids is 1. The van der Waals surface area contributed by atoms with Crippen LogP contribution in [-0.4, -0.2) is 29.7 Å². The monoisotopic (exact) mass is 337 g/mol. The van der Waals surface area contributed by atoms with Gasteiger partial charge in [-0.3, -0.25) is 4.79 Å². The average Bonchev–Trinajstić information content (AvgIpc) is 3.07. The van der Waals surface area contributed by atoms with E-state index in [4.69, 9.17) is 9.47 Å². The fourth-order valence-electron chi connectivity index (χ4n) is 2.44. The van der Waals surface area contributed by atoms with Crippen molar-refractivity contribution in [3.63, 3.8) is 0 Å². The molecule has 0 radical (unpaired) electrons. The molecule has 1 aromatic carbocycles. The second kappa shape index (κ2) is 7.53. The van der Waals surface area contributed by atoms with E-state index in [1.165, 1.54) is 6.08 Å². The number of hydrogen-bond acceptors (Lipinski definition) is 4. The molecular weight excluding hydrogens is 318 g/mol. The molecule has 25 heavy (non-hydrogen) atoms. The van der Waals surface area contributed by atoms with Gasteiger partial charge in [0, 0.05) is 12.3 Å². The van der Waals surface area contributed by atoms with Gasteiger partial charge in [-0.15, -0.1) is 0 Å². The number of fused-ring (bicyclic) bond motifs is 1. The fourth-order valence-corrected chi connectivity index (χ4v) is 2.44. The third kappa shape index (κ3) is 3.98. The third-order valence-electron chi connectivity index (χ3n) is 3.70. The molecule has 3 rings (SSSR count). The van der Waals surface area contributed by atoms with E-state index in [0.717, 1.165) is 16.8 Å². The number of rotatable bonds is 6. The first-order valence-corrected chi connectivity index (χ1v) is 7.81. The lowest BCUT2D eigenvalue weighted by Crippen LogP contribution is -2.20. The summed E-state index contributed by atoms with van der Waals surface area (Å²) in [7, 11) is 3.16. The quantitative estimate of drug-likeness (QED) is 0.703. The van der Waals surface area contributed by atoms with Gasteiger partial charge in [0.15, 0.2) is 11.5 Å². The molecule has 0 aliphatic carbocycles. The van der Waals surface area contributed by atoms with Gasteiger partial charge in [0.05, 0.1) is 32.0 Å². The van der Waals surface area contributed by atoms with Crippen LogP contribution in [0.15, 0.2) is 54.7 Å². The summed E-state index contributed by atoms with van der Waals surface area (Å²) >= 11 is 0. The predicted molar refractivity (Wildman–Crippen MR) is 95.6 cm³/mol. The maximum absolute atomic E-state index is 12.0. The van der Waals surface area contributed by atoms with Gasteiger partial charge in [0.1, 0.15) is 0 Å². The normalized spacial score (nSPS) is 11.0. The highest BCUT2D eigenvalue weighted by atomic mass is 16.5. The number of amides is 1. The standard InChI is InChI=1S/C19H19N3O3/c1-24-17-8-6-14(11-18(17)25-2)7-9-19(23)20-13-15-12-16-5-3-4-10-22(16)21-15/h3-12H,13H2,1-2H3,(H,20,23). The number of nitrogens with zero attached hydrogens (tertiary/aromatic N) is 2. The second-order valence-corrected chi connectivity index (χ2v) is 5.37. The largest absolute Gasteiger partial charge is 0.493 e. The Hall–Kier alpha value is -3.28. The van der Waals surface area contributed by atoms with E-state index in [1.807, 2.05) is 42.6 Å². The van der Waals surface area contributed by atoms with Crippen molar-refractivity contribution in [2.75, 3.05) is 14.2 Å². The van der Waals surface area contributed by atoms with Crippen LogP contribution >= 0.6 is 0 Å². The summed E-state index contributed by atoms with van der Waals surface area (Å²) in [6.07, 6.45) is 5.08. The van der Waals surface area contributed by atoms with Gasteiger partial charge in [0.2, 0.25) is 5.91 Å². The van der Waals surface area contributed by atoms with E-state index in [1.54, 1.807) is 30.9 Å². The summed E-state index contributed by atoms with van der Waals surface area (Å²) in [5.74, 6) is 1.08. The van der Waals surface area contributed by atoms with Gasteiger partial charge < -0.3 is 14.8 Å². The molecule has 1 N–H and O–H groups in total. The topological polar surface area (TPSA) is 64.9 Å². The van der Waals surface area contributed by atoms with E-state index in [2.05, 4.69) is 10.4 Å². The Morgan fingerprint density at radius 1 is 1.16 bits per heavy atom. The van der Waals surface area contributed by atoms with Gasteiger partial charge in [-0.2, -0.15) is 5.10 Å². The smallest absolute Gasteiger partial charge is 0.244 e. The fraction of sp³-hybridized carbons (Fsp3) is 0.158. The molecule has 2 aromatic heterocycles. The first kappa shape index (κ1) is 16.6. The van der Waals surface area contributed by atoms with Gasteiger partial charge in [-0.25, -0.2) is 4.52 Å². The minimum Gasteiger partial charge on any atom is -0.493 e. The molecule has 6 heteroatoms. The number of methoxy groups -OCH3 is 2. The van der Waals surface area contributed by atoms with Crippen molar-refractivity contribution in [1.82, 2.24) is 14.9 Å². The van der Waals surface area contributed by atoms with Crippen LogP contribution in [0, 0.1) is 0 Å². The molecule has 6 nitrogen and oxygen atoms in total. The van der Waals surface area contributed by atoms with Crippen molar-refractivity contribution in [2.24, 2.45) is 0 Å². The van der Waals surface area contributed by atoms with E-state index in [0.29, 0.717) is 18.0 Å². The lowest BCUT2D eigenvalue weighted by molar-refractivity contribution is -0.116. The second-order valence-electron chi connectivity index (χ2n) is 5.37. The van der Waals surface area contributed by atoms with E-state index < -0.39 is 0 Å². The lowest BCUT2D eigenvalue weighted by atomic mass is 10.2. The molecule has 0 atom stereocenters. The zero-order valence-corrected chi connectivity index (χ0v) is 14.1. The van der Waals surface area contributed by atoms with E-state index in [9.17, 15) is 4.79 Å². The number of pyridine rings is 1. The highest BCUT2D eigenvalue weighted by Gasteiger charge is 2.04. The number of aromatic nitrogens is 2. The highest BCUT2D eigenvalue weighted by molar-refractivity contribution is 5.91. The molecule has 0 spiro atoms. The van der Waals surface area contributed by atoms with Crippen LogP contribution in [0.2, 0.25) is 0 Å². The Kier molecular flexibility index (Phi) is 4.99. The van der Waals surface area contributed by atoms with Crippen LogP contribution in [-0.2, 0) is 11.3 Å². The van der Waals surface area contributed by atoms with Gasteiger partial charge in [-0.1, -0.05) is 12.1 Å². The van der Waals surface area contributed by atoms with Crippen molar-refractivity contribution < 1.29 is 14.3 Å². The van der Waals surface area contributed by atoms with Gasteiger partial charge >= 0.3 is 0 Å². The predicted octanol–water partition coefficient (Wildman–Crippen LogP) is 2.68. The number of nitrogens with one attached hydrogen (secondary N) is 1. The minimum absolute atomic E-state index is 0.188. The number of benzene rings is 1. The molecule has 3 aromatic rings. The van der Waals surface area contributed by atoms with Crippen molar-refractivity contribution in [3.05, 3.63) is 66.0 Å². The Balaban J connectivity index is 1.61. The summed E-state index contributed by atoms with van der Waals surface area (Å²) in [4.78, 5) is 12.0. The maximum atomic E-state index is 12.0. The summed E-state index contributed by atoms with van der Waals surface area (Å²) in [5, 5.41) is 7.22.